The fourth-order valence-electron chi connectivity index (χ4n) is 4.84. The zero-order valence-corrected chi connectivity index (χ0v) is 24.7. The number of alkyl carbamates (subject to hydrolysis) is 1. The van der Waals surface area contributed by atoms with E-state index in [0.717, 1.165) is 27.8 Å². The van der Waals surface area contributed by atoms with Crippen LogP contribution in [-0.2, 0) is 25.6 Å². The van der Waals surface area contributed by atoms with E-state index in [0.29, 0.717) is 13.0 Å². The van der Waals surface area contributed by atoms with Crippen LogP contribution in [-0.4, -0.2) is 67.1 Å². The van der Waals surface area contributed by atoms with Gasteiger partial charge in [-0.3, -0.25) is 4.79 Å². The quantitative estimate of drug-likeness (QED) is 0.135. The molecule has 1 aliphatic carbocycles. The van der Waals surface area contributed by atoms with Gasteiger partial charge in [-0.15, -0.1) is 0 Å². The minimum Gasteiger partial charge on any atom is -0.460 e. The van der Waals surface area contributed by atoms with E-state index in [-0.39, 0.29) is 32.2 Å². The van der Waals surface area contributed by atoms with E-state index in [1.54, 1.807) is 32.8 Å². The van der Waals surface area contributed by atoms with Gasteiger partial charge in [0.25, 0.3) is 0 Å². The lowest BCUT2D eigenvalue weighted by Gasteiger charge is -2.31. The molecule has 0 fully saturated rings. The number of amides is 2. The number of fused-ring (bicyclic) bond motifs is 3. The van der Waals surface area contributed by atoms with Crippen LogP contribution in [0.15, 0.2) is 78.9 Å². The number of esters is 1. The first-order valence-corrected chi connectivity index (χ1v) is 14.1. The molecule has 3 aromatic rings. The van der Waals surface area contributed by atoms with E-state index in [1.165, 1.54) is 5.01 Å². The Morgan fingerprint density at radius 2 is 1.43 bits per heavy atom. The molecule has 0 bridgehead atoms. The fourth-order valence-corrected chi connectivity index (χ4v) is 4.84. The molecule has 222 valence electrons. The van der Waals surface area contributed by atoms with Gasteiger partial charge < -0.3 is 19.5 Å². The molecule has 0 heterocycles. The normalized spacial score (nSPS) is 12.3. The second-order valence-electron chi connectivity index (χ2n) is 11.1. The monoisotopic (exact) mass is 573 g/mol. The largest absolute Gasteiger partial charge is 0.460 e. The predicted molar refractivity (Wildman–Crippen MR) is 159 cm³/mol. The highest BCUT2D eigenvalue weighted by atomic mass is 16.6. The molecule has 42 heavy (non-hydrogen) atoms. The highest BCUT2D eigenvalue weighted by Gasteiger charge is 2.30. The standard InChI is InChI=1S/C33H39N3O6/c1-33(2,3)42-31(38)34-19-12-20-36(21-30(37)40-22-24-13-6-5-7-14-24)35(4)32(39)41-23-29-27-17-10-8-15-25(27)26-16-9-11-18-28(26)29/h5-11,13-18,29H,12,19-23H2,1-4H3,(H,34,38). The first-order chi connectivity index (χ1) is 20.1. The lowest BCUT2D eigenvalue weighted by atomic mass is 9.98. The summed E-state index contributed by atoms with van der Waals surface area (Å²) in [5.41, 5.74) is 4.77. The van der Waals surface area contributed by atoms with Crippen LogP contribution in [0.4, 0.5) is 9.59 Å². The molecule has 2 amide bonds. The molecule has 9 nitrogen and oxygen atoms in total. The van der Waals surface area contributed by atoms with E-state index in [4.69, 9.17) is 14.2 Å². The average Bonchev–Trinajstić information content (AvgIpc) is 3.29. The molecule has 1 N–H and O–H groups in total. The summed E-state index contributed by atoms with van der Waals surface area (Å²) in [5, 5.41) is 5.56. The zero-order chi connectivity index (χ0) is 30.1. The molecule has 9 heteroatoms. The van der Waals surface area contributed by atoms with Gasteiger partial charge in [-0.1, -0.05) is 78.9 Å². The Balaban J connectivity index is 1.37. The number of nitrogens with zero attached hydrogens (tertiary/aromatic N) is 2. The van der Waals surface area contributed by atoms with Crippen LogP contribution in [0.1, 0.15) is 49.8 Å². The lowest BCUT2D eigenvalue weighted by Crippen LogP contribution is -2.48. The number of nitrogens with one attached hydrogen (secondary N) is 1. The summed E-state index contributed by atoms with van der Waals surface area (Å²) in [6.07, 6.45) is -0.666. The Bertz CT molecular complexity index is 1330. The molecular formula is C33H39N3O6. The number of hydrogen-bond donors (Lipinski definition) is 1. The molecule has 0 unspecified atom stereocenters. The number of hydrazine groups is 1. The highest BCUT2D eigenvalue weighted by Crippen LogP contribution is 2.44. The molecule has 1 aliphatic rings. The maximum absolute atomic E-state index is 13.2. The number of carbonyl (C=O) groups excluding carboxylic acids is 3. The highest BCUT2D eigenvalue weighted by molar-refractivity contribution is 5.79. The zero-order valence-electron chi connectivity index (χ0n) is 24.7. The second-order valence-corrected chi connectivity index (χ2v) is 11.1. The Morgan fingerprint density at radius 3 is 2.05 bits per heavy atom. The van der Waals surface area contributed by atoms with Gasteiger partial charge in [0.2, 0.25) is 0 Å². The summed E-state index contributed by atoms with van der Waals surface area (Å²) in [4.78, 5) is 38.0. The number of hydrogen-bond acceptors (Lipinski definition) is 7. The predicted octanol–water partition coefficient (Wildman–Crippen LogP) is 5.74. The smallest absolute Gasteiger partial charge is 0.424 e. The minimum atomic E-state index is -0.608. The van der Waals surface area contributed by atoms with Crippen LogP contribution in [0.3, 0.4) is 0 Å². The van der Waals surface area contributed by atoms with Crippen molar-refractivity contribution in [1.82, 2.24) is 15.3 Å². The molecule has 4 rings (SSSR count). The van der Waals surface area contributed by atoms with Gasteiger partial charge in [0, 0.05) is 26.1 Å². The minimum absolute atomic E-state index is 0.0860. The third-order valence-electron chi connectivity index (χ3n) is 6.84. The van der Waals surface area contributed by atoms with Gasteiger partial charge >= 0.3 is 18.2 Å². The Labute approximate surface area is 247 Å². The third-order valence-corrected chi connectivity index (χ3v) is 6.84. The molecule has 0 spiro atoms. The molecule has 3 aromatic carbocycles. The first kappa shape index (κ1) is 30.6. The molecule has 0 saturated heterocycles. The van der Waals surface area contributed by atoms with Crippen LogP contribution in [0.5, 0.6) is 0 Å². The van der Waals surface area contributed by atoms with Crippen molar-refractivity contribution in [2.75, 3.05) is 33.3 Å². The molecule has 0 saturated carbocycles. The van der Waals surface area contributed by atoms with Crippen LogP contribution in [0, 0.1) is 0 Å². The van der Waals surface area contributed by atoms with E-state index in [9.17, 15) is 14.4 Å². The summed E-state index contributed by atoms with van der Waals surface area (Å²) >= 11 is 0. The number of ether oxygens (including phenoxy) is 3. The van der Waals surface area contributed by atoms with Crippen molar-refractivity contribution in [3.8, 4) is 11.1 Å². The second kappa shape index (κ2) is 14.0. The molecule has 0 radical (unpaired) electrons. The van der Waals surface area contributed by atoms with E-state index < -0.39 is 23.8 Å². The number of rotatable bonds is 11. The van der Waals surface area contributed by atoms with Crippen molar-refractivity contribution < 1.29 is 28.6 Å². The van der Waals surface area contributed by atoms with E-state index >= 15 is 0 Å². The summed E-state index contributed by atoms with van der Waals surface area (Å²) in [7, 11) is 1.56. The van der Waals surface area contributed by atoms with Gasteiger partial charge in [0.15, 0.2) is 0 Å². The molecular weight excluding hydrogens is 534 g/mol. The summed E-state index contributed by atoms with van der Waals surface area (Å²) < 4.78 is 16.5. The van der Waals surface area contributed by atoms with Crippen molar-refractivity contribution in [2.24, 2.45) is 0 Å². The van der Waals surface area contributed by atoms with Crippen molar-refractivity contribution in [3.63, 3.8) is 0 Å². The van der Waals surface area contributed by atoms with Crippen molar-refractivity contribution in [2.45, 2.75) is 45.3 Å². The lowest BCUT2D eigenvalue weighted by molar-refractivity contribution is -0.150. The summed E-state index contributed by atoms with van der Waals surface area (Å²) in [6, 6.07) is 25.6. The SMILES string of the molecule is CN(C(=O)OCC1c2ccccc2-c2ccccc21)N(CCCNC(=O)OC(C)(C)C)CC(=O)OCc1ccccc1. The van der Waals surface area contributed by atoms with Crippen molar-refractivity contribution in [1.29, 1.82) is 0 Å². The van der Waals surface area contributed by atoms with Gasteiger partial charge in [-0.25, -0.2) is 19.6 Å². The summed E-state index contributed by atoms with van der Waals surface area (Å²) in [6.45, 7) is 6.07. The van der Waals surface area contributed by atoms with E-state index in [1.807, 2.05) is 54.6 Å². The Kier molecular flexibility index (Phi) is 10.2. The maximum Gasteiger partial charge on any atom is 0.424 e. The van der Waals surface area contributed by atoms with Gasteiger partial charge in [0.05, 0.1) is 0 Å². The van der Waals surface area contributed by atoms with Crippen molar-refractivity contribution >= 4 is 18.2 Å². The fraction of sp³-hybridized carbons (Fsp3) is 0.364. The molecule has 0 aromatic heterocycles. The van der Waals surface area contributed by atoms with Gasteiger partial charge in [-0.2, -0.15) is 0 Å². The number of carbonyl (C=O) groups is 3. The first-order valence-electron chi connectivity index (χ1n) is 14.1. The Hall–Kier alpha value is -4.37. The Morgan fingerprint density at radius 1 is 0.833 bits per heavy atom. The van der Waals surface area contributed by atoms with Crippen molar-refractivity contribution in [3.05, 3.63) is 95.6 Å². The summed E-state index contributed by atoms with van der Waals surface area (Å²) in [5.74, 6) is -0.575. The third kappa shape index (κ3) is 8.33. The van der Waals surface area contributed by atoms with Crippen LogP contribution >= 0.6 is 0 Å². The number of benzene rings is 3. The molecule has 0 aliphatic heterocycles. The van der Waals surface area contributed by atoms with Crippen LogP contribution in [0.25, 0.3) is 11.1 Å². The maximum atomic E-state index is 13.2. The molecule has 0 atom stereocenters. The van der Waals surface area contributed by atoms with Gasteiger partial charge in [-0.05, 0) is 55.0 Å². The average molecular weight is 574 g/mol. The van der Waals surface area contributed by atoms with Crippen LogP contribution < -0.4 is 5.32 Å². The van der Waals surface area contributed by atoms with E-state index in [2.05, 4.69) is 29.6 Å². The van der Waals surface area contributed by atoms with Crippen LogP contribution in [0.2, 0.25) is 0 Å². The topological polar surface area (TPSA) is 97.4 Å². The van der Waals surface area contributed by atoms with Gasteiger partial charge in [0.1, 0.15) is 25.4 Å².